The zero-order valence-corrected chi connectivity index (χ0v) is 16.4. The van der Waals surface area contributed by atoms with E-state index in [1.807, 2.05) is 18.2 Å². The minimum absolute atomic E-state index is 0.0900. The second-order valence-electron chi connectivity index (χ2n) is 6.59. The molecule has 4 rings (SSSR count). The quantitative estimate of drug-likeness (QED) is 0.658. The number of pyridine rings is 1. The molecule has 1 aromatic carbocycles. The molecule has 140 valence electrons. The van der Waals surface area contributed by atoms with Gasteiger partial charge in [-0.25, -0.2) is 8.42 Å². The molecular formula is C19H20N4O2S2. The topological polar surface area (TPSA) is 76.1 Å². The van der Waals surface area contributed by atoms with E-state index in [1.54, 1.807) is 34.0 Å². The summed E-state index contributed by atoms with van der Waals surface area (Å²) in [5, 5.41) is 10.6. The van der Waals surface area contributed by atoms with Gasteiger partial charge in [-0.05, 0) is 30.5 Å². The first kappa shape index (κ1) is 18.2. The van der Waals surface area contributed by atoms with Gasteiger partial charge in [-0.3, -0.25) is 4.98 Å². The van der Waals surface area contributed by atoms with Crippen LogP contribution in [0.2, 0.25) is 0 Å². The normalized spacial score (nSPS) is 18.4. The summed E-state index contributed by atoms with van der Waals surface area (Å²) in [6.07, 6.45) is 5.48. The maximum atomic E-state index is 12.9. The summed E-state index contributed by atoms with van der Waals surface area (Å²) in [5.74, 6) is 0.0900. The van der Waals surface area contributed by atoms with Gasteiger partial charge in [-0.1, -0.05) is 30.3 Å². The first-order valence-electron chi connectivity index (χ1n) is 8.89. The molecule has 1 aliphatic heterocycles. The monoisotopic (exact) mass is 400 g/mol. The lowest BCUT2D eigenvalue weighted by Crippen LogP contribution is -2.39. The summed E-state index contributed by atoms with van der Waals surface area (Å²) in [6.45, 7) is 0.973. The van der Waals surface area contributed by atoms with Crippen molar-refractivity contribution in [1.29, 1.82) is 0 Å². The Balaban J connectivity index is 1.49. The van der Waals surface area contributed by atoms with E-state index in [0.717, 1.165) is 29.3 Å². The molecule has 3 heterocycles. The molecule has 8 heteroatoms. The Labute approximate surface area is 163 Å². The van der Waals surface area contributed by atoms with Crippen LogP contribution in [0.1, 0.15) is 34.3 Å². The summed E-state index contributed by atoms with van der Waals surface area (Å²) in [4.78, 5) is 4.18. The summed E-state index contributed by atoms with van der Waals surface area (Å²) in [7, 11) is -3.52. The molecule has 0 bridgehead atoms. The van der Waals surface area contributed by atoms with E-state index in [1.165, 1.54) is 11.8 Å². The Bertz CT molecular complexity index is 991. The summed E-state index contributed by atoms with van der Waals surface area (Å²) in [5.41, 5.74) is 1.20. The fourth-order valence-corrected chi connectivity index (χ4v) is 5.78. The molecule has 0 spiro atoms. The third-order valence-corrected chi connectivity index (χ3v) is 7.62. The third-order valence-electron chi connectivity index (χ3n) is 4.69. The highest BCUT2D eigenvalue weighted by molar-refractivity contribution is 7.89. The maximum absolute atomic E-state index is 12.9. The van der Waals surface area contributed by atoms with Crippen molar-refractivity contribution >= 4 is 21.4 Å². The van der Waals surface area contributed by atoms with Crippen molar-refractivity contribution in [3.05, 3.63) is 70.4 Å². The number of sulfonamides is 1. The highest BCUT2D eigenvalue weighted by Crippen LogP contribution is 2.32. The van der Waals surface area contributed by atoms with Gasteiger partial charge in [0.15, 0.2) is 0 Å². The molecule has 1 atom stereocenters. The first-order valence-corrected chi connectivity index (χ1v) is 11.1. The molecular weight excluding hydrogens is 380 g/mol. The molecule has 0 radical (unpaired) electrons. The van der Waals surface area contributed by atoms with Crippen LogP contribution in [0.25, 0.3) is 0 Å². The number of nitrogens with zero attached hydrogens (tertiary/aromatic N) is 4. The third kappa shape index (κ3) is 4.07. The number of aromatic nitrogens is 3. The van der Waals surface area contributed by atoms with E-state index in [2.05, 4.69) is 27.3 Å². The predicted octanol–water partition coefficient (Wildman–Crippen LogP) is 3.09. The lowest BCUT2D eigenvalue weighted by Gasteiger charge is -2.30. The van der Waals surface area contributed by atoms with Gasteiger partial charge < -0.3 is 0 Å². The maximum Gasteiger partial charge on any atom is 0.244 e. The molecule has 0 aliphatic carbocycles. The molecule has 0 N–H and O–H groups in total. The molecule has 0 saturated carbocycles. The molecule has 1 unspecified atom stereocenters. The van der Waals surface area contributed by atoms with Crippen LogP contribution in [-0.2, 0) is 16.4 Å². The minimum Gasteiger partial charge on any atom is -0.263 e. The van der Waals surface area contributed by atoms with Gasteiger partial charge in [0.1, 0.15) is 14.9 Å². The van der Waals surface area contributed by atoms with Crippen LogP contribution >= 0.6 is 11.3 Å². The summed E-state index contributed by atoms with van der Waals surface area (Å²) >= 11 is 1.59. The number of hydrogen-bond donors (Lipinski definition) is 0. The second kappa shape index (κ2) is 7.84. The summed E-state index contributed by atoms with van der Waals surface area (Å²) in [6, 6.07) is 13.4. The Morgan fingerprint density at radius 2 is 1.96 bits per heavy atom. The largest absolute Gasteiger partial charge is 0.263 e. The van der Waals surface area contributed by atoms with Crippen molar-refractivity contribution in [2.45, 2.75) is 30.1 Å². The first-order chi connectivity index (χ1) is 13.1. The molecule has 3 aromatic rings. The number of piperidine rings is 1. The van der Waals surface area contributed by atoms with Gasteiger partial charge in [0, 0.05) is 37.8 Å². The molecule has 0 amide bonds. The van der Waals surface area contributed by atoms with Crippen molar-refractivity contribution in [1.82, 2.24) is 19.5 Å². The Kier molecular flexibility index (Phi) is 5.29. The fourth-order valence-electron chi connectivity index (χ4n) is 3.28. The van der Waals surface area contributed by atoms with Crippen LogP contribution < -0.4 is 0 Å². The lowest BCUT2D eigenvalue weighted by molar-refractivity contribution is 0.314. The van der Waals surface area contributed by atoms with Gasteiger partial charge in [0.2, 0.25) is 10.0 Å². The van der Waals surface area contributed by atoms with E-state index < -0.39 is 10.0 Å². The van der Waals surface area contributed by atoms with Crippen LogP contribution in [0.4, 0.5) is 0 Å². The SMILES string of the molecule is O=S(=O)(c1cccnc1)N1CCCC(c2nnc(Cc3ccccc3)s2)C1. The van der Waals surface area contributed by atoms with E-state index in [0.29, 0.717) is 13.1 Å². The standard InChI is InChI=1S/C19H20N4O2S2/c24-27(25,17-9-4-10-20-13-17)23-11-5-8-16(14-23)19-22-21-18(26-19)12-15-6-2-1-3-7-15/h1-4,6-7,9-10,13,16H,5,8,11-12,14H2. The van der Waals surface area contributed by atoms with Crippen molar-refractivity contribution in [3.8, 4) is 0 Å². The Morgan fingerprint density at radius 3 is 2.74 bits per heavy atom. The highest BCUT2D eigenvalue weighted by Gasteiger charge is 2.32. The average Bonchev–Trinajstić information content (AvgIpc) is 3.18. The van der Waals surface area contributed by atoms with Crippen molar-refractivity contribution in [2.24, 2.45) is 0 Å². The lowest BCUT2D eigenvalue weighted by atomic mass is 10.0. The zero-order valence-electron chi connectivity index (χ0n) is 14.7. The number of rotatable bonds is 5. The predicted molar refractivity (Wildman–Crippen MR) is 104 cm³/mol. The van der Waals surface area contributed by atoms with E-state index in [9.17, 15) is 8.42 Å². The number of benzene rings is 1. The van der Waals surface area contributed by atoms with Gasteiger partial charge >= 0.3 is 0 Å². The smallest absolute Gasteiger partial charge is 0.244 e. The molecule has 1 saturated heterocycles. The van der Waals surface area contributed by atoms with Crippen molar-refractivity contribution in [3.63, 3.8) is 0 Å². The van der Waals surface area contributed by atoms with E-state index in [-0.39, 0.29) is 10.8 Å². The second-order valence-corrected chi connectivity index (χ2v) is 9.62. The molecule has 1 fully saturated rings. The van der Waals surface area contributed by atoms with Crippen LogP contribution in [0.3, 0.4) is 0 Å². The van der Waals surface area contributed by atoms with Gasteiger partial charge in [-0.2, -0.15) is 4.31 Å². The van der Waals surface area contributed by atoms with Crippen LogP contribution in [0.5, 0.6) is 0 Å². The van der Waals surface area contributed by atoms with E-state index >= 15 is 0 Å². The van der Waals surface area contributed by atoms with Crippen molar-refractivity contribution < 1.29 is 8.42 Å². The summed E-state index contributed by atoms with van der Waals surface area (Å²) < 4.78 is 27.3. The Hall–Kier alpha value is -2.16. The molecule has 6 nitrogen and oxygen atoms in total. The molecule has 27 heavy (non-hydrogen) atoms. The van der Waals surface area contributed by atoms with Gasteiger partial charge in [0.05, 0.1) is 0 Å². The minimum atomic E-state index is -3.52. The highest BCUT2D eigenvalue weighted by atomic mass is 32.2. The van der Waals surface area contributed by atoms with Crippen LogP contribution in [0, 0.1) is 0 Å². The Morgan fingerprint density at radius 1 is 1.11 bits per heavy atom. The van der Waals surface area contributed by atoms with Gasteiger partial charge in [0.25, 0.3) is 0 Å². The van der Waals surface area contributed by atoms with Crippen LogP contribution in [-0.4, -0.2) is 41.0 Å². The molecule has 2 aromatic heterocycles. The fraction of sp³-hybridized carbons (Fsp3) is 0.316. The number of hydrogen-bond acceptors (Lipinski definition) is 6. The van der Waals surface area contributed by atoms with E-state index in [4.69, 9.17) is 0 Å². The zero-order chi connectivity index (χ0) is 18.7. The molecule has 1 aliphatic rings. The van der Waals surface area contributed by atoms with Crippen molar-refractivity contribution in [2.75, 3.05) is 13.1 Å². The van der Waals surface area contributed by atoms with Crippen LogP contribution in [0.15, 0.2) is 59.8 Å². The van der Waals surface area contributed by atoms with Gasteiger partial charge in [-0.15, -0.1) is 21.5 Å². The average molecular weight is 401 g/mol.